The molecule has 2 atom stereocenters. The van der Waals surface area contributed by atoms with E-state index in [1.165, 1.54) is 5.56 Å². The van der Waals surface area contributed by atoms with E-state index < -0.39 is 0 Å². The zero-order chi connectivity index (χ0) is 19.2. The molecule has 1 saturated carbocycles. The second kappa shape index (κ2) is 8.85. The van der Waals surface area contributed by atoms with Gasteiger partial charge in [-0.2, -0.15) is 0 Å². The van der Waals surface area contributed by atoms with Crippen LogP contribution in [0.25, 0.3) is 0 Å². The summed E-state index contributed by atoms with van der Waals surface area (Å²) < 4.78 is 0. The molecule has 2 aromatic rings. The molecule has 27 heavy (non-hydrogen) atoms. The lowest BCUT2D eigenvalue weighted by atomic mass is 10.0. The lowest BCUT2D eigenvalue weighted by Crippen LogP contribution is -2.28. The number of hydrogen-bond acceptors (Lipinski definition) is 2. The maximum Gasteiger partial charge on any atom is 0.228 e. The molecule has 142 valence electrons. The Labute approximate surface area is 161 Å². The largest absolute Gasteiger partial charge is 0.356 e. The minimum Gasteiger partial charge on any atom is -0.356 e. The number of para-hydroxylation sites is 1. The fraction of sp³-hybridized carbons (Fsp3) is 0.391. The van der Waals surface area contributed by atoms with Crippen LogP contribution < -0.4 is 10.6 Å². The Morgan fingerprint density at radius 3 is 2.37 bits per heavy atom. The molecule has 0 spiro atoms. The van der Waals surface area contributed by atoms with E-state index >= 15 is 0 Å². The minimum absolute atomic E-state index is 0.000330. The molecule has 1 aliphatic rings. The number of anilines is 1. The first-order valence-electron chi connectivity index (χ1n) is 9.77. The Hall–Kier alpha value is -2.62. The maximum absolute atomic E-state index is 12.5. The van der Waals surface area contributed by atoms with Gasteiger partial charge in [-0.1, -0.05) is 62.4 Å². The van der Waals surface area contributed by atoms with Crippen molar-refractivity contribution in [2.24, 2.45) is 11.8 Å². The Bertz CT molecular complexity index is 786. The molecule has 0 radical (unpaired) electrons. The van der Waals surface area contributed by atoms with Gasteiger partial charge in [0.2, 0.25) is 11.8 Å². The molecule has 4 nitrogen and oxygen atoms in total. The van der Waals surface area contributed by atoms with Crippen LogP contribution in [0.2, 0.25) is 0 Å². The van der Waals surface area contributed by atoms with Crippen LogP contribution >= 0.6 is 0 Å². The summed E-state index contributed by atoms with van der Waals surface area (Å²) in [4.78, 5) is 24.8. The van der Waals surface area contributed by atoms with Gasteiger partial charge in [0.15, 0.2) is 0 Å². The summed E-state index contributed by atoms with van der Waals surface area (Å²) in [7, 11) is 0. The van der Waals surface area contributed by atoms with Gasteiger partial charge in [0.1, 0.15) is 0 Å². The van der Waals surface area contributed by atoms with E-state index in [2.05, 4.69) is 36.6 Å². The van der Waals surface area contributed by atoms with Crippen molar-refractivity contribution in [3.8, 4) is 0 Å². The zero-order valence-electron chi connectivity index (χ0n) is 16.1. The average molecular weight is 364 g/mol. The predicted octanol–water partition coefficient (Wildman–Crippen LogP) is 4.13. The van der Waals surface area contributed by atoms with Crippen LogP contribution in [-0.2, 0) is 16.0 Å². The lowest BCUT2D eigenvalue weighted by molar-refractivity contribution is -0.125. The number of hydrogen-bond donors (Lipinski definition) is 2. The van der Waals surface area contributed by atoms with Crippen molar-refractivity contribution in [2.45, 2.75) is 39.0 Å². The monoisotopic (exact) mass is 364 g/mol. The van der Waals surface area contributed by atoms with E-state index in [-0.39, 0.29) is 23.7 Å². The Morgan fingerprint density at radius 1 is 0.963 bits per heavy atom. The van der Waals surface area contributed by atoms with E-state index in [4.69, 9.17) is 0 Å². The van der Waals surface area contributed by atoms with Crippen molar-refractivity contribution in [2.75, 3.05) is 11.9 Å². The third-order valence-electron chi connectivity index (χ3n) is 5.09. The van der Waals surface area contributed by atoms with Crippen LogP contribution in [-0.4, -0.2) is 18.4 Å². The van der Waals surface area contributed by atoms with E-state index in [1.807, 2.05) is 42.5 Å². The third-order valence-corrected chi connectivity index (χ3v) is 5.09. The summed E-state index contributed by atoms with van der Waals surface area (Å²) >= 11 is 0. The zero-order valence-corrected chi connectivity index (χ0v) is 16.1. The molecular formula is C23H28N2O2. The van der Waals surface area contributed by atoms with E-state index in [0.29, 0.717) is 18.9 Å². The molecule has 0 saturated heterocycles. The van der Waals surface area contributed by atoms with E-state index in [9.17, 15) is 9.59 Å². The van der Waals surface area contributed by atoms with Crippen molar-refractivity contribution in [1.29, 1.82) is 0 Å². The molecule has 1 aliphatic carbocycles. The molecule has 0 aromatic heterocycles. The van der Waals surface area contributed by atoms with E-state index in [0.717, 1.165) is 24.1 Å². The lowest BCUT2D eigenvalue weighted by Gasteiger charge is -2.13. The molecule has 2 unspecified atom stereocenters. The van der Waals surface area contributed by atoms with Gasteiger partial charge in [-0.05, 0) is 42.4 Å². The second-order valence-corrected chi connectivity index (χ2v) is 7.56. The number of nitrogens with one attached hydrogen (secondary N) is 2. The number of carbonyl (C=O) groups is 2. The van der Waals surface area contributed by atoms with Crippen LogP contribution in [0.3, 0.4) is 0 Å². The number of benzene rings is 2. The van der Waals surface area contributed by atoms with Crippen molar-refractivity contribution in [3.05, 3.63) is 65.7 Å². The second-order valence-electron chi connectivity index (χ2n) is 7.56. The average Bonchev–Trinajstić information content (AvgIpc) is 3.47. The van der Waals surface area contributed by atoms with E-state index in [1.54, 1.807) is 0 Å². The van der Waals surface area contributed by atoms with Crippen LogP contribution in [0.1, 0.15) is 43.7 Å². The van der Waals surface area contributed by atoms with Gasteiger partial charge >= 0.3 is 0 Å². The quantitative estimate of drug-likeness (QED) is 0.692. The number of amides is 2. The molecule has 0 heterocycles. The van der Waals surface area contributed by atoms with Crippen LogP contribution in [0.15, 0.2) is 54.6 Å². The minimum atomic E-state index is -0.209. The van der Waals surface area contributed by atoms with Crippen LogP contribution in [0, 0.1) is 11.8 Å². The molecule has 3 rings (SSSR count). The van der Waals surface area contributed by atoms with Gasteiger partial charge in [0, 0.05) is 12.2 Å². The highest BCUT2D eigenvalue weighted by atomic mass is 16.2. The molecule has 4 heteroatoms. The summed E-state index contributed by atoms with van der Waals surface area (Å²) in [5, 5.41) is 5.98. The molecule has 1 fully saturated rings. The summed E-state index contributed by atoms with van der Waals surface area (Å²) in [6, 6.07) is 18.1. The Kier molecular flexibility index (Phi) is 6.28. The summed E-state index contributed by atoms with van der Waals surface area (Å²) in [6.45, 7) is 4.86. The van der Waals surface area contributed by atoms with Gasteiger partial charge in [-0.3, -0.25) is 9.59 Å². The fourth-order valence-corrected chi connectivity index (χ4v) is 3.39. The smallest absolute Gasteiger partial charge is 0.228 e. The number of aryl methyl sites for hydroxylation is 1. The first-order chi connectivity index (χ1) is 13.1. The predicted molar refractivity (Wildman–Crippen MR) is 109 cm³/mol. The maximum atomic E-state index is 12.5. The molecule has 2 N–H and O–H groups in total. The van der Waals surface area contributed by atoms with Gasteiger partial charge in [0.25, 0.3) is 0 Å². The van der Waals surface area contributed by atoms with Crippen molar-refractivity contribution in [3.63, 3.8) is 0 Å². The molecule has 0 aliphatic heterocycles. The van der Waals surface area contributed by atoms with Gasteiger partial charge in [-0.25, -0.2) is 0 Å². The Morgan fingerprint density at radius 2 is 1.63 bits per heavy atom. The van der Waals surface area contributed by atoms with Gasteiger partial charge in [0.05, 0.1) is 11.8 Å². The fourth-order valence-electron chi connectivity index (χ4n) is 3.39. The summed E-state index contributed by atoms with van der Waals surface area (Å²) in [5.41, 5.74) is 3.25. The number of carbonyl (C=O) groups excluding carboxylic acids is 2. The van der Waals surface area contributed by atoms with Crippen LogP contribution in [0.5, 0.6) is 0 Å². The first kappa shape index (κ1) is 19.2. The number of rotatable bonds is 8. The van der Waals surface area contributed by atoms with Crippen LogP contribution in [0.4, 0.5) is 5.69 Å². The van der Waals surface area contributed by atoms with Crippen molar-refractivity contribution in [1.82, 2.24) is 5.32 Å². The third kappa shape index (κ3) is 5.19. The highest BCUT2D eigenvalue weighted by Gasteiger charge is 2.47. The summed E-state index contributed by atoms with van der Waals surface area (Å²) in [5.74, 6) is -0.107. The standard InChI is InChI=1S/C23H28N2O2/c1-16(2)18-12-6-7-13-21(18)25-23(27)20-15-19(20)22(26)24-14-8-11-17-9-4-3-5-10-17/h3-7,9-10,12-13,16,19-20H,8,11,14-15H2,1-2H3,(H,24,26)(H,25,27). The Balaban J connectivity index is 1.42. The summed E-state index contributed by atoms with van der Waals surface area (Å²) in [6.07, 6.45) is 2.49. The first-order valence-corrected chi connectivity index (χ1v) is 9.77. The topological polar surface area (TPSA) is 58.2 Å². The molecular weight excluding hydrogens is 336 g/mol. The highest BCUT2D eigenvalue weighted by molar-refractivity contribution is 5.99. The normalized spacial score (nSPS) is 18.2. The SMILES string of the molecule is CC(C)c1ccccc1NC(=O)C1CC1C(=O)NCCCc1ccccc1. The molecule has 2 amide bonds. The molecule has 0 bridgehead atoms. The van der Waals surface area contributed by atoms with Crippen molar-refractivity contribution >= 4 is 17.5 Å². The van der Waals surface area contributed by atoms with Gasteiger partial charge in [-0.15, -0.1) is 0 Å². The van der Waals surface area contributed by atoms with Crippen molar-refractivity contribution < 1.29 is 9.59 Å². The highest BCUT2D eigenvalue weighted by Crippen LogP contribution is 2.40. The molecule has 2 aromatic carbocycles. The van der Waals surface area contributed by atoms with Gasteiger partial charge < -0.3 is 10.6 Å².